The van der Waals surface area contributed by atoms with Crippen molar-refractivity contribution >= 4 is 5.97 Å². The summed E-state index contributed by atoms with van der Waals surface area (Å²) in [6.45, 7) is 6.81. The Kier molecular flexibility index (Phi) is 5.71. The summed E-state index contributed by atoms with van der Waals surface area (Å²) in [5, 5.41) is 0. The van der Waals surface area contributed by atoms with Crippen molar-refractivity contribution in [1.82, 2.24) is 0 Å². The number of carbonyl (C=O) groups excluding carboxylic acids is 1. The molecule has 0 bridgehead atoms. The number of hydrogen-bond acceptors (Lipinski definition) is 2. The van der Waals surface area contributed by atoms with Crippen molar-refractivity contribution in [1.29, 1.82) is 0 Å². The van der Waals surface area contributed by atoms with Gasteiger partial charge < -0.3 is 4.74 Å². The van der Waals surface area contributed by atoms with Crippen molar-refractivity contribution < 1.29 is 18.3 Å². The summed E-state index contributed by atoms with van der Waals surface area (Å²) in [5.41, 5.74) is 2.37. The van der Waals surface area contributed by atoms with E-state index in [1.54, 1.807) is 52.0 Å². The van der Waals surface area contributed by atoms with Gasteiger partial charge in [0.15, 0.2) is 0 Å². The van der Waals surface area contributed by atoms with Gasteiger partial charge in [-0.15, -0.1) is 0 Å². The number of aryl methyl sites for hydroxylation is 2. The Bertz CT molecular complexity index is 689. The molecule has 4 heteroatoms. The first-order valence-corrected chi connectivity index (χ1v) is 8.05. The van der Waals surface area contributed by atoms with Crippen molar-refractivity contribution in [2.75, 3.05) is 0 Å². The molecule has 2 aromatic rings. The Hall–Kier alpha value is -2.23. The second kappa shape index (κ2) is 7.56. The summed E-state index contributed by atoms with van der Waals surface area (Å²) in [5.74, 6) is -1.45. The van der Waals surface area contributed by atoms with Crippen molar-refractivity contribution in [2.24, 2.45) is 0 Å². The van der Waals surface area contributed by atoms with Gasteiger partial charge in [0.25, 0.3) is 0 Å². The van der Waals surface area contributed by atoms with Crippen LogP contribution < -0.4 is 0 Å². The van der Waals surface area contributed by atoms with E-state index in [4.69, 9.17) is 4.74 Å². The van der Waals surface area contributed by atoms with Crippen molar-refractivity contribution in [3.05, 3.63) is 70.3 Å². The molecule has 0 aromatic heterocycles. The van der Waals surface area contributed by atoms with E-state index >= 15 is 0 Å². The molecule has 2 nitrogen and oxygen atoms in total. The molecule has 2 rings (SSSR count). The molecule has 1 unspecified atom stereocenters. The zero-order valence-corrected chi connectivity index (χ0v) is 14.4. The predicted molar refractivity (Wildman–Crippen MR) is 90.0 cm³/mol. The van der Waals surface area contributed by atoms with Crippen LogP contribution in [0.5, 0.6) is 0 Å². The van der Waals surface area contributed by atoms with Crippen LogP contribution in [0, 0.1) is 25.5 Å². The van der Waals surface area contributed by atoms with Crippen LogP contribution in [-0.4, -0.2) is 12.1 Å². The zero-order valence-electron chi connectivity index (χ0n) is 14.4. The minimum Gasteiger partial charge on any atom is -0.462 e. The minimum atomic E-state index is -0.540. The first-order chi connectivity index (χ1) is 11.3. The average Bonchev–Trinajstić information content (AvgIpc) is 2.54. The van der Waals surface area contributed by atoms with E-state index in [2.05, 4.69) is 0 Å². The van der Waals surface area contributed by atoms with Gasteiger partial charge in [-0.05, 0) is 55.2 Å². The third-order valence-electron chi connectivity index (χ3n) is 4.19. The van der Waals surface area contributed by atoms with Crippen LogP contribution in [0.25, 0.3) is 0 Å². The third kappa shape index (κ3) is 3.99. The molecule has 0 aliphatic heterocycles. The summed E-state index contributed by atoms with van der Waals surface area (Å²) < 4.78 is 33.4. The van der Waals surface area contributed by atoms with Crippen LogP contribution in [0.4, 0.5) is 8.78 Å². The van der Waals surface area contributed by atoms with E-state index in [1.807, 2.05) is 0 Å². The fourth-order valence-electron chi connectivity index (χ4n) is 2.70. The first-order valence-electron chi connectivity index (χ1n) is 8.05. The monoisotopic (exact) mass is 332 g/mol. The van der Waals surface area contributed by atoms with Crippen molar-refractivity contribution in [2.45, 2.75) is 46.1 Å². The molecule has 0 saturated carbocycles. The summed E-state index contributed by atoms with van der Waals surface area (Å²) in [6, 6.07) is 9.78. The van der Waals surface area contributed by atoms with Gasteiger partial charge in [0, 0.05) is 12.3 Å². The number of hydrogen-bond donors (Lipinski definition) is 0. The quantitative estimate of drug-likeness (QED) is 0.716. The lowest BCUT2D eigenvalue weighted by Crippen LogP contribution is -2.23. The molecule has 0 radical (unpaired) electrons. The molecule has 0 heterocycles. The standard InChI is InChI=1S/C20H22F2O2/c1-5-19(23)24-14(4)20(15-8-6-12(2)17(21)10-15)16-9-7-13(3)18(22)11-16/h6-11,14,20H,5H2,1-4H3. The van der Waals surface area contributed by atoms with E-state index in [1.165, 1.54) is 12.1 Å². The van der Waals surface area contributed by atoms with Gasteiger partial charge >= 0.3 is 5.97 Å². The van der Waals surface area contributed by atoms with Gasteiger partial charge in [-0.1, -0.05) is 31.2 Å². The maximum atomic E-state index is 14.0. The Morgan fingerprint density at radius 3 is 1.83 bits per heavy atom. The highest BCUT2D eigenvalue weighted by Gasteiger charge is 2.25. The SMILES string of the molecule is CCC(=O)OC(C)C(c1ccc(C)c(F)c1)c1ccc(C)c(F)c1. The molecule has 0 saturated heterocycles. The van der Waals surface area contributed by atoms with E-state index in [-0.39, 0.29) is 24.0 Å². The van der Waals surface area contributed by atoms with Crippen molar-refractivity contribution in [3.63, 3.8) is 0 Å². The Morgan fingerprint density at radius 2 is 1.46 bits per heavy atom. The number of esters is 1. The second-order valence-electron chi connectivity index (χ2n) is 6.04. The molecule has 1 atom stereocenters. The number of rotatable bonds is 5. The fraction of sp³-hybridized carbons (Fsp3) is 0.350. The van der Waals surface area contributed by atoms with Crippen LogP contribution in [0.1, 0.15) is 48.4 Å². The van der Waals surface area contributed by atoms with Crippen LogP contribution in [0.15, 0.2) is 36.4 Å². The summed E-state index contributed by atoms with van der Waals surface area (Å²) >= 11 is 0. The van der Waals surface area contributed by atoms with Crippen LogP contribution in [0.3, 0.4) is 0 Å². The third-order valence-corrected chi connectivity index (χ3v) is 4.19. The molecule has 0 N–H and O–H groups in total. The number of carbonyl (C=O) groups is 1. The highest BCUT2D eigenvalue weighted by Crippen LogP contribution is 2.32. The number of halogens is 2. The topological polar surface area (TPSA) is 26.3 Å². The lowest BCUT2D eigenvalue weighted by Gasteiger charge is -2.25. The van der Waals surface area contributed by atoms with Crippen LogP contribution in [0.2, 0.25) is 0 Å². The van der Waals surface area contributed by atoms with Gasteiger partial charge in [-0.3, -0.25) is 4.79 Å². The number of ether oxygens (including phenoxy) is 1. The molecule has 0 spiro atoms. The molecule has 0 amide bonds. The molecule has 0 fully saturated rings. The lowest BCUT2D eigenvalue weighted by molar-refractivity contribution is -0.148. The van der Waals surface area contributed by atoms with Gasteiger partial charge in [0.2, 0.25) is 0 Å². The summed E-state index contributed by atoms with van der Waals surface area (Å²) in [7, 11) is 0. The van der Waals surface area contributed by atoms with Crippen LogP contribution in [-0.2, 0) is 9.53 Å². The molecule has 0 aliphatic rings. The molecule has 24 heavy (non-hydrogen) atoms. The van der Waals surface area contributed by atoms with Gasteiger partial charge in [-0.2, -0.15) is 0 Å². The second-order valence-corrected chi connectivity index (χ2v) is 6.04. The Labute approximate surface area is 141 Å². The Morgan fingerprint density at radius 1 is 1.00 bits per heavy atom. The molecule has 128 valence electrons. The smallest absolute Gasteiger partial charge is 0.305 e. The van der Waals surface area contributed by atoms with Crippen molar-refractivity contribution in [3.8, 4) is 0 Å². The highest BCUT2D eigenvalue weighted by atomic mass is 19.1. The van der Waals surface area contributed by atoms with Crippen LogP contribution >= 0.6 is 0 Å². The van der Waals surface area contributed by atoms with Gasteiger partial charge in [0.1, 0.15) is 17.7 Å². The van der Waals surface area contributed by atoms with E-state index < -0.39 is 12.0 Å². The lowest BCUT2D eigenvalue weighted by atomic mass is 9.86. The van der Waals surface area contributed by atoms with E-state index in [0.29, 0.717) is 22.3 Å². The normalized spacial score (nSPS) is 12.3. The largest absolute Gasteiger partial charge is 0.462 e. The van der Waals surface area contributed by atoms with E-state index in [9.17, 15) is 13.6 Å². The Balaban J connectivity index is 2.49. The number of benzene rings is 2. The maximum Gasteiger partial charge on any atom is 0.305 e. The highest BCUT2D eigenvalue weighted by molar-refractivity contribution is 5.69. The zero-order chi connectivity index (χ0) is 17.9. The molecule has 0 aliphatic carbocycles. The predicted octanol–water partition coefficient (Wildman–Crippen LogP) is 5.06. The maximum absolute atomic E-state index is 14.0. The summed E-state index contributed by atoms with van der Waals surface area (Å²) in [6.07, 6.45) is -0.289. The molecular weight excluding hydrogens is 310 g/mol. The molecular formula is C20H22F2O2. The summed E-state index contributed by atoms with van der Waals surface area (Å²) in [4.78, 5) is 11.7. The first kappa shape index (κ1) is 18.1. The minimum absolute atomic E-state index is 0.252. The van der Waals surface area contributed by atoms with E-state index in [0.717, 1.165) is 0 Å². The molecule has 2 aromatic carbocycles. The average molecular weight is 332 g/mol. The fourth-order valence-corrected chi connectivity index (χ4v) is 2.70. The van der Waals surface area contributed by atoms with Gasteiger partial charge in [0.05, 0.1) is 0 Å². The van der Waals surface area contributed by atoms with Gasteiger partial charge in [-0.25, -0.2) is 8.78 Å².